The fourth-order valence-corrected chi connectivity index (χ4v) is 1.62. The fraction of sp³-hybridized carbons (Fsp3) is 0.400. The van der Waals surface area contributed by atoms with Gasteiger partial charge in [-0.05, 0) is 20.8 Å². The molecular weight excluding hydrogens is 176 g/mol. The van der Waals surface area contributed by atoms with E-state index in [1.165, 1.54) is 0 Å². The van der Waals surface area contributed by atoms with Gasteiger partial charge in [-0.25, -0.2) is 9.50 Å². The van der Waals surface area contributed by atoms with E-state index in [1.54, 1.807) is 0 Å². The molecule has 0 saturated heterocycles. The summed E-state index contributed by atoms with van der Waals surface area (Å²) in [4.78, 5) is 4.30. The average Bonchev–Trinajstić information content (AvgIpc) is 2.46. The van der Waals surface area contributed by atoms with Gasteiger partial charge in [-0.1, -0.05) is 0 Å². The summed E-state index contributed by atoms with van der Waals surface area (Å²) < 4.78 is 1.84. The molecule has 0 unspecified atom stereocenters. The maximum absolute atomic E-state index is 5.83. The van der Waals surface area contributed by atoms with E-state index in [4.69, 9.17) is 5.73 Å². The van der Waals surface area contributed by atoms with Crippen LogP contribution in [0.25, 0.3) is 5.65 Å². The van der Waals surface area contributed by atoms with Crippen LogP contribution < -0.4 is 5.73 Å². The lowest BCUT2D eigenvalue weighted by molar-refractivity contribution is 0.762. The molecule has 0 aliphatic carbocycles. The molecular formula is C10H14N4. The average molecular weight is 190 g/mol. The van der Waals surface area contributed by atoms with Crippen molar-refractivity contribution in [2.45, 2.75) is 26.8 Å². The van der Waals surface area contributed by atoms with Crippen LogP contribution in [0, 0.1) is 13.8 Å². The molecule has 14 heavy (non-hydrogen) atoms. The summed E-state index contributed by atoms with van der Waals surface area (Å²) in [6.07, 6.45) is 1.83. The molecule has 2 aromatic heterocycles. The second kappa shape index (κ2) is 3.06. The lowest BCUT2D eigenvalue weighted by Crippen LogP contribution is -2.11. The van der Waals surface area contributed by atoms with Gasteiger partial charge in [-0.2, -0.15) is 5.10 Å². The largest absolute Gasteiger partial charge is 0.324 e. The van der Waals surface area contributed by atoms with Crippen molar-refractivity contribution in [1.82, 2.24) is 14.6 Å². The zero-order valence-electron chi connectivity index (χ0n) is 8.65. The standard InChI is InChI=1S/C10H14N4/c1-6-4-10-12-5-9(7(2)11)8(3)14(10)13-6/h4-5,7H,11H2,1-3H3/t7-/m0/s1. The first-order valence-electron chi connectivity index (χ1n) is 4.67. The van der Waals surface area contributed by atoms with E-state index in [2.05, 4.69) is 10.1 Å². The lowest BCUT2D eigenvalue weighted by atomic mass is 10.1. The van der Waals surface area contributed by atoms with Crippen LogP contribution in [0.4, 0.5) is 0 Å². The van der Waals surface area contributed by atoms with Gasteiger partial charge in [0.1, 0.15) is 0 Å². The molecule has 4 heteroatoms. The molecule has 0 amide bonds. The molecule has 74 valence electrons. The third-order valence-electron chi connectivity index (χ3n) is 2.37. The van der Waals surface area contributed by atoms with Crippen LogP contribution in [0.1, 0.15) is 29.9 Å². The Labute approximate surface area is 82.8 Å². The number of nitrogens with zero attached hydrogens (tertiary/aromatic N) is 3. The Bertz CT molecular complexity index is 470. The van der Waals surface area contributed by atoms with Crippen LogP contribution in [-0.2, 0) is 0 Å². The number of nitrogens with two attached hydrogens (primary N) is 1. The summed E-state index contributed by atoms with van der Waals surface area (Å²) in [5.74, 6) is 0. The minimum Gasteiger partial charge on any atom is -0.324 e. The minimum atomic E-state index is -0.00333. The van der Waals surface area contributed by atoms with Gasteiger partial charge in [0.2, 0.25) is 0 Å². The Morgan fingerprint density at radius 2 is 2.14 bits per heavy atom. The quantitative estimate of drug-likeness (QED) is 0.738. The van der Waals surface area contributed by atoms with E-state index in [0.717, 1.165) is 22.6 Å². The van der Waals surface area contributed by atoms with Gasteiger partial charge >= 0.3 is 0 Å². The SMILES string of the molecule is Cc1cc2ncc([C@H](C)N)c(C)n2n1. The Balaban J connectivity index is 2.74. The third-order valence-corrected chi connectivity index (χ3v) is 2.37. The highest BCUT2D eigenvalue weighted by atomic mass is 15.3. The van der Waals surface area contributed by atoms with Crippen molar-refractivity contribution < 1.29 is 0 Å². The van der Waals surface area contributed by atoms with Gasteiger partial charge in [0.15, 0.2) is 5.65 Å². The van der Waals surface area contributed by atoms with Crippen LogP contribution in [0.3, 0.4) is 0 Å². The molecule has 0 aromatic carbocycles. The van der Waals surface area contributed by atoms with Gasteiger partial charge in [0.25, 0.3) is 0 Å². The third kappa shape index (κ3) is 1.28. The summed E-state index contributed by atoms with van der Waals surface area (Å²) in [7, 11) is 0. The normalized spacial score (nSPS) is 13.4. The van der Waals surface area contributed by atoms with Crippen LogP contribution >= 0.6 is 0 Å². The first-order chi connectivity index (χ1) is 6.59. The van der Waals surface area contributed by atoms with E-state index >= 15 is 0 Å². The number of aromatic nitrogens is 3. The molecule has 2 heterocycles. The monoisotopic (exact) mass is 190 g/mol. The number of hydrogen-bond acceptors (Lipinski definition) is 3. The van der Waals surface area contributed by atoms with E-state index in [9.17, 15) is 0 Å². The van der Waals surface area contributed by atoms with Gasteiger partial charge in [-0.15, -0.1) is 0 Å². The van der Waals surface area contributed by atoms with E-state index in [0.29, 0.717) is 0 Å². The Kier molecular flexibility index (Phi) is 2.00. The van der Waals surface area contributed by atoms with E-state index < -0.39 is 0 Å². The second-order valence-corrected chi connectivity index (χ2v) is 3.64. The molecule has 1 atom stereocenters. The molecule has 0 bridgehead atoms. The highest BCUT2D eigenvalue weighted by Gasteiger charge is 2.09. The number of rotatable bonds is 1. The fourth-order valence-electron chi connectivity index (χ4n) is 1.62. The molecule has 0 radical (unpaired) electrons. The zero-order chi connectivity index (χ0) is 10.3. The Hall–Kier alpha value is -1.42. The Morgan fingerprint density at radius 3 is 2.79 bits per heavy atom. The van der Waals surface area contributed by atoms with Crippen molar-refractivity contribution in [3.63, 3.8) is 0 Å². The van der Waals surface area contributed by atoms with Crippen molar-refractivity contribution in [3.05, 3.63) is 29.2 Å². The second-order valence-electron chi connectivity index (χ2n) is 3.64. The van der Waals surface area contributed by atoms with Crippen LogP contribution in [0.15, 0.2) is 12.3 Å². The first-order valence-corrected chi connectivity index (χ1v) is 4.67. The van der Waals surface area contributed by atoms with Gasteiger partial charge in [0.05, 0.1) is 5.69 Å². The summed E-state index contributed by atoms with van der Waals surface area (Å²) >= 11 is 0. The van der Waals surface area contributed by atoms with Gasteiger partial charge in [-0.3, -0.25) is 0 Å². The first kappa shape index (κ1) is 9.15. The molecule has 0 aliphatic heterocycles. The molecule has 0 aliphatic rings. The van der Waals surface area contributed by atoms with E-state index in [1.807, 2.05) is 37.5 Å². The molecule has 0 saturated carbocycles. The van der Waals surface area contributed by atoms with Crippen molar-refractivity contribution in [3.8, 4) is 0 Å². The van der Waals surface area contributed by atoms with Gasteiger partial charge < -0.3 is 5.73 Å². The summed E-state index contributed by atoms with van der Waals surface area (Å²) in [5.41, 5.74) is 9.79. The zero-order valence-corrected chi connectivity index (χ0v) is 8.65. The van der Waals surface area contributed by atoms with Crippen molar-refractivity contribution in [2.24, 2.45) is 5.73 Å². The van der Waals surface area contributed by atoms with Crippen molar-refractivity contribution >= 4 is 5.65 Å². The maximum atomic E-state index is 5.83. The highest BCUT2D eigenvalue weighted by molar-refractivity contribution is 5.42. The molecule has 2 N–H and O–H groups in total. The van der Waals surface area contributed by atoms with Crippen LogP contribution in [0.5, 0.6) is 0 Å². The van der Waals surface area contributed by atoms with Crippen LogP contribution in [0.2, 0.25) is 0 Å². The molecule has 2 aromatic rings. The van der Waals surface area contributed by atoms with Gasteiger partial charge in [0, 0.05) is 29.6 Å². The molecule has 4 nitrogen and oxygen atoms in total. The predicted molar refractivity (Wildman–Crippen MR) is 55.1 cm³/mol. The van der Waals surface area contributed by atoms with Crippen LogP contribution in [-0.4, -0.2) is 14.6 Å². The van der Waals surface area contributed by atoms with E-state index in [-0.39, 0.29) is 6.04 Å². The lowest BCUT2D eigenvalue weighted by Gasteiger charge is -2.09. The van der Waals surface area contributed by atoms with Crippen molar-refractivity contribution in [2.75, 3.05) is 0 Å². The molecule has 0 fully saturated rings. The minimum absolute atomic E-state index is 0.00333. The molecule has 2 rings (SSSR count). The van der Waals surface area contributed by atoms with Crippen molar-refractivity contribution in [1.29, 1.82) is 0 Å². The number of hydrogen-bond donors (Lipinski definition) is 1. The highest BCUT2D eigenvalue weighted by Crippen LogP contribution is 2.15. The topological polar surface area (TPSA) is 56.2 Å². The summed E-state index contributed by atoms with van der Waals surface area (Å²) in [6, 6.07) is 1.95. The number of fused-ring (bicyclic) bond motifs is 1. The summed E-state index contributed by atoms with van der Waals surface area (Å²) in [6.45, 7) is 5.92. The summed E-state index contributed by atoms with van der Waals surface area (Å²) in [5, 5.41) is 4.35. The maximum Gasteiger partial charge on any atom is 0.155 e. The predicted octanol–water partition coefficient (Wildman–Crippen LogP) is 1.37. The smallest absolute Gasteiger partial charge is 0.155 e. The Morgan fingerprint density at radius 1 is 1.43 bits per heavy atom. The molecule has 0 spiro atoms. The number of aryl methyl sites for hydroxylation is 2.